The second-order valence-electron chi connectivity index (χ2n) is 5.53. The molecule has 2 N–H and O–H groups in total. The third-order valence-corrected chi connectivity index (χ3v) is 2.96. The lowest BCUT2D eigenvalue weighted by molar-refractivity contribution is -0.147. The fourth-order valence-electron chi connectivity index (χ4n) is 2.12. The number of nitrogens with two attached hydrogens (primary N) is 1. The first-order chi connectivity index (χ1) is 6.77. The zero-order valence-electron chi connectivity index (χ0n) is 10.2. The number of nitrogens with zero attached hydrogens (tertiary/aromatic N) is 1. The topological polar surface area (TPSA) is 55.6 Å². The van der Waals surface area contributed by atoms with Crippen LogP contribution >= 0.6 is 0 Å². The summed E-state index contributed by atoms with van der Waals surface area (Å²) in [5.41, 5.74) is 5.37. The molecule has 1 rings (SSSR count). The first-order valence-electron chi connectivity index (χ1n) is 5.36. The molecular weight excluding hydrogens is 192 g/mol. The molecule has 4 nitrogen and oxygen atoms in total. The van der Waals surface area contributed by atoms with Crippen molar-refractivity contribution in [3.05, 3.63) is 0 Å². The summed E-state index contributed by atoms with van der Waals surface area (Å²) in [5, 5.41) is 0. The lowest BCUT2D eigenvalue weighted by atomic mass is 9.93. The molecule has 1 heterocycles. The highest BCUT2D eigenvalue weighted by molar-refractivity contribution is 5.80. The van der Waals surface area contributed by atoms with Gasteiger partial charge in [0.05, 0.1) is 7.11 Å². The van der Waals surface area contributed by atoms with Crippen LogP contribution in [0.3, 0.4) is 0 Å². The van der Waals surface area contributed by atoms with E-state index in [9.17, 15) is 4.79 Å². The third kappa shape index (κ3) is 3.18. The summed E-state index contributed by atoms with van der Waals surface area (Å²) in [4.78, 5) is 13.6. The largest absolute Gasteiger partial charge is 0.468 e. The molecule has 0 spiro atoms. The standard InChI is InChI=1S/C11H22N2O2/c1-10(2)5-6-13(7-10)8-11(3,12)9(14)15-4/h5-8,12H2,1-4H3. The Labute approximate surface area is 91.8 Å². The summed E-state index contributed by atoms with van der Waals surface area (Å²) >= 11 is 0. The summed E-state index contributed by atoms with van der Waals surface area (Å²) in [7, 11) is 1.38. The van der Waals surface area contributed by atoms with E-state index in [1.165, 1.54) is 7.11 Å². The Balaban J connectivity index is 2.52. The van der Waals surface area contributed by atoms with Crippen LogP contribution in [0, 0.1) is 5.41 Å². The maximum Gasteiger partial charge on any atom is 0.326 e. The van der Waals surface area contributed by atoms with E-state index < -0.39 is 5.54 Å². The van der Waals surface area contributed by atoms with Gasteiger partial charge in [-0.3, -0.25) is 4.79 Å². The van der Waals surface area contributed by atoms with Gasteiger partial charge in [0.25, 0.3) is 0 Å². The van der Waals surface area contributed by atoms with E-state index in [1.807, 2.05) is 0 Å². The van der Waals surface area contributed by atoms with E-state index >= 15 is 0 Å². The Morgan fingerprint density at radius 3 is 2.60 bits per heavy atom. The van der Waals surface area contributed by atoms with Crippen molar-refractivity contribution in [2.45, 2.75) is 32.7 Å². The highest BCUT2D eigenvalue weighted by Crippen LogP contribution is 2.29. The van der Waals surface area contributed by atoms with Crippen molar-refractivity contribution in [1.29, 1.82) is 0 Å². The van der Waals surface area contributed by atoms with Crippen LogP contribution in [0.15, 0.2) is 0 Å². The van der Waals surface area contributed by atoms with Crippen molar-refractivity contribution in [3.63, 3.8) is 0 Å². The van der Waals surface area contributed by atoms with E-state index in [0.29, 0.717) is 12.0 Å². The Kier molecular flexibility index (Phi) is 3.41. The number of methoxy groups -OCH3 is 1. The van der Waals surface area contributed by atoms with Gasteiger partial charge in [0.2, 0.25) is 0 Å². The van der Waals surface area contributed by atoms with Crippen molar-refractivity contribution in [2.75, 3.05) is 26.7 Å². The molecule has 4 heteroatoms. The molecule has 0 aromatic heterocycles. The molecule has 1 aliphatic heterocycles. The quantitative estimate of drug-likeness (QED) is 0.699. The molecule has 1 saturated heterocycles. The summed E-state index contributed by atoms with van der Waals surface area (Å²) in [6, 6.07) is 0. The van der Waals surface area contributed by atoms with Gasteiger partial charge >= 0.3 is 5.97 Å². The number of carbonyl (C=O) groups is 1. The normalized spacial score (nSPS) is 24.9. The third-order valence-electron chi connectivity index (χ3n) is 2.96. The molecule has 0 bridgehead atoms. The predicted octanol–water partition coefficient (Wildman–Crippen LogP) is 0.609. The number of hydrogen-bond donors (Lipinski definition) is 1. The Morgan fingerprint density at radius 2 is 2.20 bits per heavy atom. The monoisotopic (exact) mass is 214 g/mol. The average Bonchev–Trinajstić information content (AvgIpc) is 2.43. The van der Waals surface area contributed by atoms with Gasteiger partial charge in [-0.05, 0) is 25.3 Å². The van der Waals surface area contributed by atoms with Crippen molar-refractivity contribution < 1.29 is 9.53 Å². The Bertz CT molecular complexity index is 249. The van der Waals surface area contributed by atoms with Gasteiger partial charge in [-0.15, -0.1) is 0 Å². The van der Waals surface area contributed by atoms with Gasteiger partial charge in [0.1, 0.15) is 5.54 Å². The lowest BCUT2D eigenvalue weighted by Crippen LogP contribution is -2.54. The fraction of sp³-hybridized carbons (Fsp3) is 0.909. The Morgan fingerprint density at radius 1 is 1.60 bits per heavy atom. The molecule has 15 heavy (non-hydrogen) atoms. The smallest absolute Gasteiger partial charge is 0.326 e. The number of likely N-dealkylation sites (tertiary alicyclic amines) is 1. The molecule has 0 saturated carbocycles. The number of hydrogen-bond acceptors (Lipinski definition) is 4. The van der Waals surface area contributed by atoms with Crippen molar-refractivity contribution >= 4 is 5.97 Å². The summed E-state index contributed by atoms with van der Waals surface area (Å²) in [5.74, 6) is -0.341. The van der Waals surface area contributed by atoms with E-state index in [2.05, 4.69) is 23.5 Å². The van der Waals surface area contributed by atoms with E-state index in [4.69, 9.17) is 5.73 Å². The maximum atomic E-state index is 11.4. The van der Waals surface area contributed by atoms with Crippen LogP contribution < -0.4 is 5.73 Å². The van der Waals surface area contributed by atoms with E-state index in [-0.39, 0.29) is 5.97 Å². The summed E-state index contributed by atoms with van der Waals surface area (Å²) in [6.07, 6.45) is 1.16. The molecule has 0 aromatic rings. The van der Waals surface area contributed by atoms with E-state index in [0.717, 1.165) is 19.5 Å². The molecular formula is C11H22N2O2. The molecule has 88 valence electrons. The van der Waals surface area contributed by atoms with E-state index in [1.54, 1.807) is 6.92 Å². The first-order valence-corrected chi connectivity index (χ1v) is 5.36. The molecule has 1 fully saturated rings. The lowest BCUT2D eigenvalue weighted by Gasteiger charge is -2.28. The van der Waals surface area contributed by atoms with Gasteiger partial charge in [0, 0.05) is 13.1 Å². The van der Waals surface area contributed by atoms with Gasteiger partial charge in [-0.2, -0.15) is 0 Å². The second-order valence-corrected chi connectivity index (χ2v) is 5.53. The summed E-state index contributed by atoms with van der Waals surface area (Å²) < 4.78 is 4.69. The van der Waals surface area contributed by atoms with Crippen LogP contribution in [0.25, 0.3) is 0 Å². The first kappa shape index (κ1) is 12.5. The molecule has 1 unspecified atom stereocenters. The molecule has 0 aromatic carbocycles. The minimum absolute atomic E-state index is 0.339. The van der Waals surface area contributed by atoms with Crippen molar-refractivity contribution in [2.24, 2.45) is 11.1 Å². The number of ether oxygens (including phenoxy) is 1. The van der Waals surface area contributed by atoms with Gasteiger partial charge in [-0.25, -0.2) is 0 Å². The van der Waals surface area contributed by atoms with Gasteiger partial charge < -0.3 is 15.4 Å². The van der Waals surface area contributed by atoms with Gasteiger partial charge in [-0.1, -0.05) is 13.8 Å². The van der Waals surface area contributed by atoms with Crippen LogP contribution in [-0.2, 0) is 9.53 Å². The molecule has 1 aliphatic rings. The molecule has 0 amide bonds. The fourth-order valence-corrected chi connectivity index (χ4v) is 2.12. The maximum absolute atomic E-state index is 11.4. The molecule has 0 aliphatic carbocycles. The predicted molar refractivity (Wildman–Crippen MR) is 59.4 cm³/mol. The number of carbonyl (C=O) groups excluding carboxylic acids is 1. The molecule has 1 atom stereocenters. The zero-order valence-corrected chi connectivity index (χ0v) is 10.2. The number of rotatable bonds is 3. The van der Waals surface area contributed by atoms with Crippen LogP contribution in [0.5, 0.6) is 0 Å². The number of esters is 1. The highest BCUT2D eigenvalue weighted by atomic mass is 16.5. The van der Waals surface area contributed by atoms with Crippen LogP contribution in [0.2, 0.25) is 0 Å². The van der Waals surface area contributed by atoms with Crippen LogP contribution in [-0.4, -0.2) is 43.2 Å². The second kappa shape index (κ2) is 4.10. The van der Waals surface area contributed by atoms with Crippen molar-refractivity contribution in [1.82, 2.24) is 4.90 Å². The minimum Gasteiger partial charge on any atom is -0.468 e. The molecule has 0 radical (unpaired) electrons. The van der Waals surface area contributed by atoms with Gasteiger partial charge in [0.15, 0.2) is 0 Å². The SMILES string of the molecule is COC(=O)C(C)(N)CN1CCC(C)(C)C1. The summed E-state index contributed by atoms with van der Waals surface area (Å²) in [6.45, 7) is 8.78. The van der Waals surface area contributed by atoms with Crippen LogP contribution in [0.1, 0.15) is 27.2 Å². The Hall–Kier alpha value is -0.610. The average molecular weight is 214 g/mol. The van der Waals surface area contributed by atoms with Crippen molar-refractivity contribution in [3.8, 4) is 0 Å². The zero-order chi connectivity index (χ0) is 11.7. The van der Waals surface area contributed by atoms with Crippen LogP contribution in [0.4, 0.5) is 0 Å². The highest BCUT2D eigenvalue weighted by Gasteiger charge is 2.36. The minimum atomic E-state index is -0.894.